The molecule has 2 heterocycles. The van der Waals surface area contributed by atoms with Crippen molar-refractivity contribution in [3.8, 4) is 11.5 Å². The molecule has 0 saturated carbocycles. The third-order valence-corrected chi connectivity index (χ3v) is 3.69. The third-order valence-electron chi connectivity index (χ3n) is 3.69. The van der Waals surface area contributed by atoms with Crippen LogP contribution in [0.1, 0.15) is 17.4 Å². The van der Waals surface area contributed by atoms with Crippen molar-refractivity contribution in [2.75, 3.05) is 26.7 Å². The van der Waals surface area contributed by atoms with E-state index in [1.165, 1.54) is 12.1 Å². The Balaban J connectivity index is 1.87. The lowest BCUT2D eigenvalue weighted by Gasteiger charge is -2.30. The van der Waals surface area contributed by atoms with Crippen molar-refractivity contribution in [1.29, 1.82) is 0 Å². The fraction of sp³-hybridized carbons (Fsp3) is 0.429. The Hall–Kier alpha value is -1.93. The first kappa shape index (κ1) is 15.0. The van der Waals surface area contributed by atoms with Crippen molar-refractivity contribution in [3.63, 3.8) is 0 Å². The number of halogens is 3. The number of nitrogens with zero attached hydrogens (tertiary/aromatic N) is 3. The Kier molecular flexibility index (Phi) is 3.88. The van der Waals surface area contributed by atoms with Crippen molar-refractivity contribution in [2.45, 2.75) is 12.2 Å². The average molecular weight is 312 g/mol. The number of rotatable bonds is 2. The minimum absolute atomic E-state index is 0.0444. The predicted molar refractivity (Wildman–Crippen MR) is 73.0 cm³/mol. The fourth-order valence-electron chi connectivity index (χ4n) is 2.41. The monoisotopic (exact) mass is 312 g/mol. The van der Waals surface area contributed by atoms with Crippen LogP contribution in [0.25, 0.3) is 11.5 Å². The minimum Gasteiger partial charge on any atom is -0.334 e. The van der Waals surface area contributed by atoms with Crippen LogP contribution in [0.3, 0.4) is 0 Å². The van der Waals surface area contributed by atoms with E-state index in [2.05, 4.69) is 20.4 Å². The van der Waals surface area contributed by atoms with Gasteiger partial charge in [0.2, 0.25) is 0 Å². The smallest absolute Gasteiger partial charge is 0.334 e. The topological polar surface area (TPSA) is 54.2 Å². The Morgan fingerprint density at radius 2 is 2.18 bits per heavy atom. The standard InChI is InChI=1S/C14H15F3N4O/c1-21-6-5-18-8-11(21)12-19-13(22-20-12)9-3-2-4-10(7-9)14(15,16)17/h2-4,7,11,18H,5-6,8H2,1H3. The summed E-state index contributed by atoms with van der Waals surface area (Å²) < 4.78 is 43.4. The Labute approximate surface area is 125 Å². The second-order valence-corrected chi connectivity index (χ2v) is 5.24. The van der Waals surface area contributed by atoms with Crippen molar-refractivity contribution in [1.82, 2.24) is 20.4 Å². The maximum absolute atomic E-state index is 12.7. The number of benzene rings is 1. The van der Waals surface area contributed by atoms with E-state index < -0.39 is 11.7 Å². The molecule has 2 aromatic rings. The van der Waals surface area contributed by atoms with E-state index in [9.17, 15) is 13.2 Å². The van der Waals surface area contributed by atoms with Gasteiger partial charge in [-0.3, -0.25) is 4.90 Å². The Bertz CT molecular complexity index is 656. The van der Waals surface area contributed by atoms with E-state index in [0.717, 1.165) is 25.2 Å². The van der Waals surface area contributed by atoms with Gasteiger partial charge >= 0.3 is 6.18 Å². The van der Waals surface area contributed by atoms with Gasteiger partial charge in [0, 0.05) is 25.2 Å². The summed E-state index contributed by atoms with van der Waals surface area (Å²) >= 11 is 0. The first-order valence-electron chi connectivity index (χ1n) is 6.87. The molecule has 1 aliphatic heterocycles. The summed E-state index contributed by atoms with van der Waals surface area (Å²) in [7, 11) is 1.95. The summed E-state index contributed by atoms with van der Waals surface area (Å²) in [5.74, 6) is 0.571. The molecule has 1 aliphatic rings. The van der Waals surface area contributed by atoms with Gasteiger partial charge in [0.25, 0.3) is 5.89 Å². The van der Waals surface area contributed by atoms with Gasteiger partial charge < -0.3 is 9.84 Å². The first-order valence-corrected chi connectivity index (χ1v) is 6.87. The summed E-state index contributed by atoms with van der Waals surface area (Å²) in [6.45, 7) is 2.40. The molecule has 1 N–H and O–H groups in total. The van der Waals surface area contributed by atoms with Crippen LogP contribution in [-0.4, -0.2) is 41.7 Å². The molecule has 118 valence electrons. The highest BCUT2D eigenvalue weighted by atomic mass is 19.4. The van der Waals surface area contributed by atoms with Gasteiger partial charge in [-0.15, -0.1) is 0 Å². The second kappa shape index (κ2) is 5.69. The lowest BCUT2D eigenvalue weighted by atomic mass is 10.1. The maximum atomic E-state index is 12.7. The molecule has 1 fully saturated rings. The number of piperazine rings is 1. The number of likely N-dealkylation sites (N-methyl/N-ethyl adjacent to an activating group) is 1. The molecule has 0 spiro atoms. The van der Waals surface area contributed by atoms with E-state index >= 15 is 0 Å². The molecule has 1 atom stereocenters. The van der Waals surface area contributed by atoms with E-state index in [1.807, 2.05) is 7.05 Å². The molecule has 1 unspecified atom stereocenters. The molecule has 0 aliphatic carbocycles. The quantitative estimate of drug-likeness (QED) is 0.922. The van der Waals surface area contributed by atoms with E-state index in [1.54, 1.807) is 0 Å². The molecule has 8 heteroatoms. The second-order valence-electron chi connectivity index (χ2n) is 5.24. The normalized spacial score (nSPS) is 20.3. The van der Waals surface area contributed by atoms with Gasteiger partial charge in [-0.05, 0) is 25.2 Å². The van der Waals surface area contributed by atoms with Gasteiger partial charge in [0.1, 0.15) is 0 Å². The summed E-state index contributed by atoms with van der Waals surface area (Å²) in [5, 5.41) is 7.14. The SMILES string of the molecule is CN1CCNCC1c1noc(-c2cccc(C(F)(F)F)c2)n1. The number of hydrogen-bond donors (Lipinski definition) is 1. The molecular formula is C14H15F3N4O. The van der Waals surface area contributed by atoms with Crippen LogP contribution in [0.4, 0.5) is 13.2 Å². The third kappa shape index (κ3) is 2.97. The zero-order valence-corrected chi connectivity index (χ0v) is 11.9. The highest BCUT2D eigenvalue weighted by Crippen LogP contribution is 2.32. The zero-order valence-electron chi connectivity index (χ0n) is 11.9. The van der Waals surface area contributed by atoms with Crippen LogP contribution in [0.2, 0.25) is 0 Å². The molecule has 0 radical (unpaired) electrons. The first-order chi connectivity index (χ1) is 10.4. The molecular weight excluding hydrogens is 297 g/mol. The molecule has 5 nitrogen and oxygen atoms in total. The summed E-state index contributed by atoms with van der Waals surface area (Å²) in [6, 6.07) is 4.84. The molecule has 1 aromatic heterocycles. The van der Waals surface area contributed by atoms with Crippen LogP contribution < -0.4 is 5.32 Å². The zero-order chi connectivity index (χ0) is 15.7. The van der Waals surface area contributed by atoms with Crippen molar-refractivity contribution >= 4 is 0 Å². The van der Waals surface area contributed by atoms with Gasteiger partial charge in [-0.25, -0.2) is 0 Å². The number of aromatic nitrogens is 2. The fourth-order valence-corrected chi connectivity index (χ4v) is 2.41. The minimum atomic E-state index is -4.40. The number of alkyl halides is 3. The van der Waals surface area contributed by atoms with Gasteiger partial charge in [0.15, 0.2) is 5.82 Å². The largest absolute Gasteiger partial charge is 0.416 e. The molecule has 3 rings (SSSR count). The maximum Gasteiger partial charge on any atom is 0.416 e. The summed E-state index contributed by atoms with van der Waals surface area (Å²) in [4.78, 5) is 6.33. The highest BCUT2D eigenvalue weighted by Gasteiger charge is 2.31. The van der Waals surface area contributed by atoms with Crippen LogP contribution in [0, 0.1) is 0 Å². The molecule has 1 saturated heterocycles. The summed E-state index contributed by atoms with van der Waals surface area (Å²) in [5.41, 5.74) is -0.471. The lowest BCUT2D eigenvalue weighted by molar-refractivity contribution is -0.137. The predicted octanol–water partition coefficient (Wildman–Crippen LogP) is 2.33. The van der Waals surface area contributed by atoms with Crippen molar-refractivity contribution < 1.29 is 17.7 Å². The summed E-state index contributed by atoms with van der Waals surface area (Å²) in [6.07, 6.45) is -4.40. The lowest BCUT2D eigenvalue weighted by Crippen LogP contribution is -2.44. The van der Waals surface area contributed by atoms with Gasteiger partial charge in [-0.2, -0.15) is 18.2 Å². The van der Waals surface area contributed by atoms with Crippen LogP contribution in [-0.2, 0) is 6.18 Å². The number of nitrogens with one attached hydrogen (secondary N) is 1. The molecule has 0 amide bonds. The molecule has 1 aromatic carbocycles. The number of hydrogen-bond acceptors (Lipinski definition) is 5. The van der Waals surface area contributed by atoms with Gasteiger partial charge in [-0.1, -0.05) is 11.2 Å². The Morgan fingerprint density at radius 3 is 2.91 bits per heavy atom. The Morgan fingerprint density at radius 1 is 1.36 bits per heavy atom. The van der Waals surface area contributed by atoms with Crippen LogP contribution in [0.5, 0.6) is 0 Å². The van der Waals surface area contributed by atoms with Crippen LogP contribution in [0.15, 0.2) is 28.8 Å². The molecule has 22 heavy (non-hydrogen) atoms. The highest BCUT2D eigenvalue weighted by molar-refractivity contribution is 5.54. The molecule has 0 bridgehead atoms. The van der Waals surface area contributed by atoms with Gasteiger partial charge in [0.05, 0.1) is 11.6 Å². The van der Waals surface area contributed by atoms with Crippen LogP contribution >= 0.6 is 0 Å². The van der Waals surface area contributed by atoms with E-state index in [-0.39, 0.29) is 17.5 Å². The van der Waals surface area contributed by atoms with E-state index in [4.69, 9.17) is 4.52 Å². The average Bonchev–Trinajstić information content (AvgIpc) is 2.97. The van der Waals surface area contributed by atoms with E-state index in [0.29, 0.717) is 12.4 Å². The van der Waals surface area contributed by atoms with Crippen molar-refractivity contribution in [3.05, 3.63) is 35.7 Å². The van der Waals surface area contributed by atoms with Crippen molar-refractivity contribution in [2.24, 2.45) is 0 Å².